The highest BCUT2D eigenvalue weighted by molar-refractivity contribution is 6.77. The molecule has 0 aliphatic rings. The van der Waals surface area contributed by atoms with Gasteiger partial charge in [0.25, 0.3) is 0 Å². The molecule has 0 radical (unpaired) electrons. The molecule has 1 aromatic heterocycles. The number of para-hydroxylation sites is 1. The SMILES string of the molecule is CCOC(=O)c1cc2ccccc2n1CCOCCO[Si](C(C)C)(C(C)C)C(C)C. The lowest BCUT2D eigenvalue weighted by Gasteiger charge is -2.42. The highest BCUT2D eigenvalue weighted by Gasteiger charge is 2.44. The zero-order chi connectivity index (χ0) is 22.3. The van der Waals surface area contributed by atoms with Gasteiger partial charge < -0.3 is 18.5 Å². The van der Waals surface area contributed by atoms with E-state index in [1.54, 1.807) is 0 Å². The van der Waals surface area contributed by atoms with E-state index in [1.807, 2.05) is 41.8 Å². The molecular weight excluding hydrogens is 394 g/mol. The topological polar surface area (TPSA) is 49.7 Å². The summed E-state index contributed by atoms with van der Waals surface area (Å²) < 4.78 is 19.7. The minimum absolute atomic E-state index is 0.293. The van der Waals surface area contributed by atoms with Gasteiger partial charge in [-0.05, 0) is 35.7 Å². The van der Waals surface area contributed by atoms with Gasteiger partial charge in [0, 0.05) is 17.4 Å². The van der Waals surface area contributed by atoms with Crippen LogP contribution in [0.5, 0.6) is 0 Å². The zero-order valence-electron chi connectivity index (χ0n) is 19.7. The first-order valence-electron chi connectivity index (χ1n) is 11.2. The van der Waals surface area contributed by atoms with Gasteiger partial charge in [0.05, 0.1) is 26.4 Å². The van der Waals surface area contributed by atoms with E-state index in [0.29, 0.717) is 55.3 Å². The minimum atomic E-state index is -1.86. The Morgan fingerprint density at radius 3 is 2.20 bits per heavy atom. The molecule has 0 saturated heterocycles. The summed E-state index contributed by atoms with van der Waals surface area (Å²) in [7, 11) is -1.86. The Morgan fingerprint density at radius 1 is 0.967 bits per heavy atom. The number of carbonyl (C=O) groups is 1. The van der Waals surface area contributed by atoms with Crippen LogP contribution in [0.15, 0.2) is 30.3 Å². The summed E-state index contributed by atoms with van der Waals surface area (Å²) in [6.07, 6.45) is 0. The number of hydrogen-bond donors (Lipinski definition) is 0. The number of benzene rings is 1. The van der Waals surface area contributed by atoms with Crippen LogP contribution in [0.3, 0.4) is 0 Å². The first-order chi connectivity index (χ1) is 14.3. The Hall–Kier alpha value is -1.63. The lowest BCUT2D eigenvalue weighted by molar-refractivity contribution is 0.0508. The van der Waals surface area contributed by atoms with Crippen molar-refractivity contribution in [3.63, 3.8) is 0 Å². The molecule has 5 nitrogen and oxygen atoms in total. The van der Waals surface area contributed by atoms with Gasteiger partial charge in [-0.15, -0.1) is 0 Å². The van der Waals surface area contributed by atoms with Gasteiger partial charge in [-0.3, -0.25) is 0 Å². The Balaban J connectivity index is 1.97. The summed E-state index contributed by atoms with van der Waals surface area (Å²) >= 11 is 0. The molecule has 0 aliphatic heterocycles. The molecule has 2 rings (SSSR count). The number of ether oxygens (including phenoxy) is 2. The summed E-state index contributed by atoms with van der Waals surface area (Å²) in [5.41, 5.74) is 3.29. The maximum absolute atomic E-state index is 12.4. The van der Waals surface area contributed by atoms with Crippen LogP contribution in [0.4, 0.5) is 0 Å². The van der Waals surface area contributed by atoms with E-state index in [-0.39, 0.29) is 5.97 Å². The summed E-state index contributed by atoms with van der Waals surface area (Å²) in [6, 6.07) is 9.89. The molecular formula is C24H39NO4Si. The second kappa shape index (κ2) is 11.1. The van der Waals surface area contributed by atoms with Crippen molar-refractivity contribution < 1.29 is 18.7 Å². The number of esters is 1. The van der Waals surface area contributed by atoms with Crippen LogP contribution < -0.4 is 0 Å². The normalized spacial score (nSPS) is 12.5. The quantitative estimate of drug-likeness (QED) is 0.233. The number of aromatic nitrogens is 1. The fraction of sp³-hybridized carbons (Fsp3) is 0.625. The molecule has 0 saturated carbocycles. The molecule has 0 unspecified atom stereocenters. The second-order valence-corrected chi connectivity index (χ2v) is 14.2. The number of fused-ring (bicyclic) bond motifs is 1. The molecule has 0 N–H and O–H groups in total. The van der Waals surface area contributed by atoms with Gasteiger partial charge in [-0.1, -0.05) is 59.7 Å². The van der Waals surface area contributed by atoms with Crippen molar-refractivity contribution in [1.82, 2.24) is 4.57 Å². The fourth-order valence-corrected chi connectivity index (χ4v) is 10.3. The molecule has 1 heterocycles. The van der Waals surface area contributed by atoms with E-state index < -0.39 is 8.32 Å². The summed E-state index contributed by atoms with van der Waals surface area (Å²) in [4.78, 5) is 12.4. The molecule has 0 amide bonds. The minimum Gasteiger partial charge on any atom is -0.461 e. The number of hydrogen-bond acceptors (Lipinski definition) is 4. The lowest BCUT2D eigenvalue weighted by atomic mass is 10.2. The Morgan fingerprint density at radius 2 is 1.60 bits per heavy atom. The van der Waals surface area contributed by atoms with E-state index >= 15 is 0 Å². The average Bonchev–Trinajstić information content (AvgIpc) is 3.05. The maximum atomic E-state index is 12.4. The van der Waals surface area contributed by atoms with Crippen molar-refractivity contribution in [3.8, 4) is 0 Å². The molecule has 168 valence electrons. The smallest absolute Gasteiger partial charge is 0.354 e. The maximum Gasteiger partial charge on any atom is 0.354 e. The van der Waals surface area contributed by atoms with Gasteiger partial charge >= 0.3 is 5.97 Å². The van der Waals surface area contributed by atoms with Crippen molar-refractivity contribution in [2.45, 2.75) is 71.6 Å². The molecule has 1 aromatic carbocycles. The van der Waals surface area contributed by atoms with Crippen molar-refractivity contribution in [2.75, 3.05) is 26.4 Å². The van der Waals surface area contributed by atoms with Crippen molar-refractivity contribution in [1.29, 1.82) is 0 Å². The van der Waals surface area contributed by atoms with E-state index in [4.69, 9.17) is 13.9 Å². The highest BCUT2D eigenvalue weighted by atomic mass is 28.4. The van der Waals surface area contributed by atoms with Crippen LogP contribution in [0.25, 0.3) is 10.9 Å². The van der Waals surface area contributed by atoms with Gasteiger partial charge in [0.15, 0.2) is 8.32 Å². The van der Waals surface area contributed by atoms with Crippen molar-refractivity contribution in [2.24, 2.45) is 0 Å². The van der Waals surface area contributed by atoms with Crippen molar-refractivity contribution in [3.05, 3.63) is 36.0 Å². The van der Waals surface area contributed by atoms with Gasteiger partial charge in [0.1, 0.15) is 5.69 Å². The first kappa shape index (κ1) is 24.6. The average molecular weight is 434 g/mol. The summed E-state index contributed by atoms with van der Waals surface area (Å²) in [5.74, 6) is -0.293. The molecule has 30 heavy (non-hydrogen) atoms. The summed E-state index contributed by atoms with van der Waals surface area (Å²) in [5, 5.41) is 1.03. The van der Waals surface area contributed by atoms with E-state index in [2.05, 4.69) is 41.5 Å². The largest absolute Gasteiger partial charge is 0.461 e. The van der Waals surface area contributed by atoms with Gasteiger partial charge in [-0.2, -0.15) is 0 Å². The molecule has 0 spiro atoms. The molecule has 0 atom stereocenters. The first-order valence-corrected chi connectivity index (χ1v) is 13.4. The molecule has 0 bridgehead atoms. The lowest BCUT2D eigenvalue weighted by Crippen LogP contribution is -2.48. The van der Waals surface area contributed by atoms with E-state index in [9.17, 15) is 4.79 Å². The van der Waals surface area contributed by atoms with Crippen LogP contribution in [0.1, 0.15) is 59.0 Å². The Labute approximate surface area is 182 Å². The fourth-order valence-electron chi connectivity index (χ4n) is 4.86. The van der Waals surface area contributed by atoms with Gasteiger partial charge in [0.2, 0.25) is 0 Å². The van der Waals surface area contributed by atoms with Crippen LogP contribution in [0, 0.1) is 0 Å². The van der Waals surface area contributed by atoms with Crippen LogP contribution in [-0.4, -0.2) is 45.3 Å². The molecule has 0 aliphatic carbocycles. The van der Waals surface area contributed by atoms with Crippen LogP contribution in [-0.2, 0) is 20.4 Å². The standard InChI is InChI=1S/C24H39NO4Si/c1-8-28-24(26)23-17-21-11-9-10-12-22(21)25(23)13-14-27-15-16-29-30(18(2)3,19(4)5)20(6)7/h9-12,17-20H,8,13-16H2,1-7H3. The third kappa shape index (κ3) is 5.34. The predicted octanol–water partition coefficient (Wildman–Crippen LogP) is 6.03. The van der Waals surface area contributed by atoms with Crippen LogP contribution >= 0.6 is 0 Å². The van der Waals surface area contributed by atoms with Crippen molar-refractivity contribution >= 4 is 25.2 Å². The van der Waals surface area contributed by atoms with E-state index in [1.165, 1.54) is 0 Å². The number of rotatable bonds is 12. The monoisotopic (exact) mass is 433 g/mol. The third-order valence-electron chi connectivity index (χ3n) is 6.04. The van der Waals surface area contributed by atoms with Crippen LogP contribution in [0.2, 0.25) is 16.6 Å². The molecule has 2 aromatic rings. The Bertz CT molecular complexity index is 791. The highest BCUT2D eigenvalue weighted by Crippen LogP contribution is 2.42. The zero-order valence-corrected chi connectivity index (χ0v) is 20.7. The summed E-state index contributed by atoms with van der Waals surface area (Å²) in [6.45, 7) is 18.3. The van der Waals surface area contributed by atoms with Gasteiger partial charge in [-0.25, -0.2) is 4.79 Å². The molecule has 6 heteroatoms. The number of carbonyl (C=O) groups excluding carboxylic acids is 1. The Kier molecular flexibility index (Phi) is 9.13. The predicted molar refractivity (Wildman–Crippen MR) is 126 cm³/mol. The molecule has 0 fully saturated rings. The number of nitrogens with zero attached hydrogens (tertiary/aromatic N) is 1. The third-order valence-corrected chi connectivity index (χ3v) is 12.2. The van der Waals surface area contributed by atoms with E-state index in [0.717, 1.165) is 10.9 Å². The second-order valence-electron chi connectivity index (χ2n) is 8.74.